The normalized spacial score (nSPS) is 16.9. The summed E-state index contributed by atoms with van der Waals surface area (Å²) in [5.41, 5.74) is 0.791. The van der Waals surface area contributed by atoms with Gasteiger partial charge in [-0.1, -0.05) is 35.7 Å². The van der Waals surface area contributed by atoms with Crippen molar-refractivity contribution in [1.29, 1.82) is 0 Å². The van der Waals surface area contributed by atoms with Gasteiger partial charge >= 0.3 is 0 Å². The summed E-state index contributed by atoms with van der Waals surface area (Å²) in [6.45, 7) is 3.70. The summed E-state index contributed by atoms with van der Waals surface area (Å²) in [5, 5.41) is 0.472. The molecule has 1 heterocycles. The number of nitrogens with zero attached hydrogens (tertiary/aromatic N) is 1. The molecule has 1 aliphatic rings. The number of benzene rings is 1. The Morgan fingerprint density at radius 3 is 2.26 bits per heavy atom. The molecule has 0 aliphatic carbocycles. The molecule has 0 radical (unpaired) electrons. The summed E-state index contributed by atoms with van der Waals surface area (Å²) in [4.78, 5) is 1.86. The van der Waals surface area contributed by atoms with Crippen molar-refractivity contribution < 1.29 is 8.78 Å². The van der Waals surface area contributed by atoms with E-state index in [9.17, 15) is 8.78 Å². The second-order valence-corrected chi connectivity index (χ2v) is 5.82. The van der Waals surface area contributed by atoms with Gasteiger partial charge in [0.15, 0.2) is 0 Å². The molecular weight excluding hydrogens is 312 g/mol. The average molecular weight is 332 g/mol. The third kappa shape index (κ3) is 3.47. The highest BCUT2D eigenvalue weighted by atomic mass is 79.9. The first kappa shape index (κ1) is 14.8. The Morgan fingerprint density at radius 1 is 1.21 bits per heavy atom. The maximum Gasteiger partial charge on any atom is 0.149 e. The van der Waals surface area contributed by atoms with Crippen LogP contribution in [0.5, 0.6) is 0 Å². The third-order valence-corrected chi connectivity index (χ3v) is 4.51. The summed E-state index contributed by atoms with van der Waals surface area (Å²) in [7, 11) is 0. The van der Waals surface area contributed by atoms with Crippen LogP contribution in [0.2, 0.25) is 0 Å². The van der Waals surface area contributed by atoms with Gasteiger partial charge in [0, 0.05) is 18.4 Å². The van der Waals surface area contributed by atoms with E-state index in [1.807, 2.05) is 4.90 Å². The van der Waals surface area contributed by atoms with E-state index in [0.29, 0.717) is 16.8 Å². The second-order valence-electron chi connectivity index (χ2n) is 5.26. The Morgan fingerprint density at radius 2 is 1.79 bits per heavy atom. The van der Waals surface area contributed by atoms with Crippen molar-refractivity contribution >= 4 is 21.6 Å². The summed E-state index contributed by atoms with van der Waals surface area (Å²) in [6.07, 6.45) is 4.48. The Hall–Kier alpha value is -0.640. The first-order valence-corrected chi connectivity index (χ1v) is 8.06. The lowest BCUT2D eigenvalue weighted by atomic mass is 9.92. The molecule has 1 nitrogen and oxygen atoms in total. The van der Waals surface area contributed by atoms with Crippen molar-refractivity contribution in [3.05, 3.63) is 29.3 Å². The fraction of sp³-hybridized carbons (Fsp3) is 0.600. The minimum Gasteiger partial charge on any atom is -0.367 e. The molecule has 19 heavy (non-hydrogen) atoms. The Bertz CT molecular complexity index is 405. The molecule has 0 amide bonds. The van der Waals surface area contributed by atoms with Crippen molar-refractivity contribution in [2.75, 3.05) is 18.0 Å². The number of halogens is 3. The molecule has 0 unspecified atom stereocenters. The van der Waals surface area contributed by atoms with Gasteiger partial charge in [-0.25, -0.2) is 8.78 Å². The molecule has 4 heteroatoms. The zero-order valence-corrected chi connectivity index (χ0v) is 12.8. The topological polar surface area (TPSA) is 3.24 Å². The van der Waals surface area contributed by atoms with E-state index in [1.54, 1.807) is 0 Å². The van der Waals surface area contributed by atoms with Gasteiger partial charge in [0.2, 0.25) is 0 Å². The van der Waals surface area contributed by atoms with Gasteiger partial charge < -0.3 is 4.90 Å². The standard InChI is InChI=1S/C15H20BrF2N/c1-2-3-11-4-6-19(7-5-11)15-13(17)8-12(10-16)9-14(15)18/h8-9,11H,2-7,10H2,1H3. The first-order valence-electron chi connectivity index (χ1n) is 6.94. The number of hydrogen-bond acceptors (Lipinski definition) is 1. The van der Waals surface area contributed by atoms with Crippen LogP contribution in [-0.4, -0.2) is 13.1 Å². The van der Waals surface area contributed by atoms with Gasteiger partial charge in [-0.2, -0.15) is 0 Å². The fourth-order valence-corrected chi connectivity index (χ4v) is 3.17. The molecule has 1 aromatic rings. The van der Waals surface area contributed by atoms with Crippen LogP contribution < -0.4 is 4.90 Å². The highest BCUT2D eigenvalue weighted by molar-refractivity contribution is 9.08. The predicted molar refractivity (Wildman–Crippen MR) is 78.8 cm³/mol. The molecule has 0 N–H and O–H groups in total. The summed E-state index contributed by atoms with van der Waals surface area (Å²) >= 11 is 3.22. The molecular formula is C15H20BrF2N. The van der Waals surface area contributed by atoms with Gasteiger partial charge in [-0.05, 0) is 36.5 Å². The molecule has 106 valence electrons. The van der Waals surface area contributed by atoms with Crippen LogP contribution in [0.1, 0.15) is 38.2 Å². The van der Waals surface area contributed by atoms with E-state index in [1.165, 1.54) is 25.0 Å². The largest absolute Gasteiger partial charge is 0.367 e. The first-order chi connectivity index (χ1) is 9.15. The number of hydrogen-bond donors (Lipinski definition) is 0. The smallest absolute Gasteiger partial charge is 0.149 e. The van der Waals surface area contributed by atoms with E-state index in [2.05, 4.69) is 22.9 Å². The molecule has 1 aliphatic heterocycles. The van der Waals surface area contributed by atoms with Crippen LogP contribution in [0.25, 0.3) is 0 Å². The highest BCUT2D eigenvalue weighted by Crippen LogP contribution is 2.30. The minimum absolute atomic E-state index is 0.152. The van der Waals surface area contributed by atoms with Gasteiger partial charge in [0.05, 0.1) is 0 Å². The van der Waals surface area contributed by atoms with Crippen molar-refractivity contribution in [2.24, 2.45) is 5.92 Å². The van der Waals surface area contributed by atoms with Gasteiger partial charge in [0.1, 0.15) is 17.3 Å². The summed E-state index contributed by atoms with van der Waals surface area (Å²) in [6, 6.07) is 2.84. The number of rotatable bonds is 4. The quantitative estimate of drug-likeness (QED) is 0.711. The van der Waals surface area contributed by atoms with E-state index < -0.39 is 11.6 Å². The van der Waals surface area contributed by atoms with Crippen LogP contribution in [0.3, 0.4) is 0 Å². The molecule has 0 saturated carbocycles. The van der Waals surface area contributed by atoms with Crippen LogP contribution in [0.15, 0.2) is 12.1 Å². The average Bonchev–Trinajstić information content (AvgIpc) is 2.40. The molecule has 1 fully saturated rings. The van der Waals surface area contributed by atoms with Crippen LogP contribution in [0.4, 0.5) is 14.5 Å². The van der Waals surface area contributed by atoms with Crippen molar-refractivity contribution in [1.82, 2.24) is 0 Å². The van der Waals surface area contributed by atoms with Crippen LogP contribution in [-0.2, 0) is 5.33 Å². The van der Waals surface area contributed by atoms with Crippen LogP contribution >= 0.6 is 15.9 Å². The molecule has 1 aromatic carbocycles. The van der Waals surface area contributed by atoms with Gasteiger partial charge in [-0.15, -0.1) is 0 Å². The molecule has 2 rings (SSSR count). The molecule has 1 saturated heterocycles. The molecule has 0 atom stereocenters. The second kappa shape index (κ2) is 6.69. The predicted octanol–water partition coefficient (Wildman–Crippen LogP) is 4.88. The Kier molecular flexibility index (Phi) is 5.20. The number of alkyl halides is 1. The van der Waals surface area contributed by atoms with Crippen molar-refractivity contribution in [2.45, 2.75) is 37.9 Å². The molecule has 0 bridgehead atoms. The molecule has 0 spiro atoms. The van der Waals surface area contributed by atoms with E-state index in [-0.39, 0.29) is 5.69 Å². The van der Waals surface area contributed by atoms with Gasteiger partial charge in [-0.3, -0.25) is 0 Å². The number of anilines is 1. The molecule has 0 aromatic heterocycles. The van der Waals surface area contributed by atoms with Crippen LogP contribution in [0, 0.1) is 17.6 Å². The van der Waals surface area contributed by atoms with Gasteiger partial charge in [0.25, 0.3) is 0 Å². The van der Waals surface area contributed by atoms with Crippen molar-refractivity contribution in [3.8, 4) is 0 Å². The van der Waals surface area contributed by atoms with E-state index in [4.69, 9.17) is 0 Å². The Balaban J connectivity index is 2.11. The zero-order chi connectivity index (χ0) is 13.8. The lowest BCUT2D eigenvalue weighted by Gasteiger charge is -2.34. The Labute approximate surface area is 122 Å². The lowest BCUT2D eigenvalue weighted by molar-refractivity contribution is 0.374. The van der Waals surface area contributed by atoms with Crippen molar-refractivity contribution in [3.63, 3.8) is 0 Å². The highest BCUT2D eigenvalue weighted by Gasteiger charge is 2.23. The summed E-state index contributed by atoms with van der Waals surface area (Å²) < 4.78 is 28.1. The number of piperidine rings is 1. The third-order valence-electron chi connectivity index (χ3n) is 3.86. The minimum atomic E-state index is -0.441. The SMILES string of the molecule is CCCC1CCN(c2c(F)cc(CBr)cc2F)CC1. The maximum absolute atomic E-state index is 14.0. The maximum atomic E-state index is 14.0. The van der Waals surface area contributed by atoms with E-state index in [0.717, 1.165) is 25.9 Å². The fourth-order valence-electron chi connectivity index (χ4n) is 2.85. The monoisotopic (exact) mass is 331 g/mol. The summed E-state index contributed by atoms with van der Waals surface area (Å²) in [5.74, 6) is -0.166. The lowest BCUT2D eigenvalue weighted by Crippen LogP contribution is -2.34. The zero-order valence-electron chi connectivity index (χ0n) is 11.3. The van der Waals surface area contributed by atoms with E-state index >= 15 is 0 Å².